The Morgan fingerprint density at radius 3 is 2.35 bits per heavy atom. The Labute approximate surface area is 157 Å². The second kappa shape index (κ2) is 7.05. The molecular weight excluding hydrogens is 324 g/mol. The van der Waals surface area contributed by atoms with E-state index in [4.69, 9.17) is 0 Å². The Morgan fingerprint density at radius 2 is 1.81 bits per heavy atom. The highest BCUT2D eigenvalue weighted by atomic mass is 16.2. The van der Waals surface area contributed by atoms with E-state index in [0.29, 0.717) is 25.6 Å². The van der Waals surface area contributed by atoms with Crippen LogP contribution in [0.3, 0.4) is 0 Å². The topological polar surface area (TPSA) is 49.4 Å². The van der Waals surface area contributed by atoms with E-state index in [2.05, 4.69) is 52.1 Å². The number of amides is 2. The van der Waals surface area contributed by atoms with E-state index >= 15 is 0 Å². The molecule has 1 aromatic rings. The van der Waals surface area contributed by atoms with Crippen LogP contribution in [-0.4, -0.2) is 35.8 Å². The molecule has 4 nitrogen and oxygen atoms in total. The van der Waals surface area contributed by atoms with Crippen molar-refractivity contribution in [1.29, 1.82) is 0 Å². The van der Waals surface area contributed by atoms with Gasteiger partial charge in [-0.25, -0.2) is 0 Å². The summed E-state index contributed by atoms with van der Waals surface area (Å²) in [6, 6.07) is 4.95. The highest BCUT2D eigenvalue weighted by Crippen LogP contribution is 2.32. The lowest BCUT2D eigenvalue weighted by molar-refractivity contribution is -0.129. The maximum atomic E-state index is 12.4. The molecule has 0 bridgehead atoms. The van der Waals surface area contributed by atoms with Gasteiger partial charge in [-0.3, -0.25) is 9.59 Å². The summed E-state index contributed by atoms with van der Waals surface area (Å²) < 4.78 is 0. The van der Waals surface area contributed by atoms with Gasteiger partial charge in [0.1, 0.15) is 0 Å². The van der Waals surface area contributed by atoms with Crippen LogP contribution < -0.4 is 5.32 Å². The fourth-order valence-electron chi connectivity index (χ4n) is 3.92. The van der Waals surface area contributed by atoms with Gasteiger partial charge in [0.05, 0.1) is 5.92 Å². The molecule has 0 spiro atoms. The van der Waals surface area contributed by atoms with E-state index in [9.17, 15) is 9.59 Å². The van der Waals surface area contributed by atoms with E-state index in [-0.39, 0.29) is 23.1 Å². The molecule has 1 heterocycles. The SMILES string of the molecule is Cc1cc(C(C)(C)C)cc(C)c1CCNC(=O)[C@@H]1CC(=O)N(C2CC2)C1. The average Bonchev–Trinajstić information content (AvgIpc) is 3.31. The monoisotopic (exact) mass is 356 g/mol. The zero-order valence-electron chi connectivity index (χ0n) is 16.8. The first-order valence-corrected chi connectivity index (χ1v) is 9.84. The van der Waals surface area contributed by atoms with Gasteiger partial charge in [0.2, 0.25) is 11.8 Å². The normalized spacial score (nSPS) is 20.6. The number of nitrogens with one attached hydrogen (secondary N) is 1. The minimum atomic E-state index is -0.173. The van der Waals surface area contributed by atoms with Gasteiger partial charge in [-0.15, -0.1) is 0 Å². The maximum Gasteiger partial charge on any atom is 0.225 e. The number of carbonyl (C=O) groups excluding carboxylic acids is 2. The molecule has 0 unspecified atom stereocenters. The number of carbonyl (C=O) groups is 2. The fraction of sp³-hybridized carbons (Fsp3) is 0.636. The number of aryl methyl sites for hydroxylation is 2. The molecule has 26 heavy (non-hydrogen) atoms. The van der Waals surface area contributed by atoms with E-state index in [0.717, 1.165) is 19.3 Å². The lowest BCUT2D eigenvalue weighted by atomic mass is 9.83. The number of nitrogens with zero attached hydrogens (tertiary/aromatic N) is 1. The van der Waals surface area contributed by atoms with Crippen LogP contribution in [0.5, 0.6) is 0 Å². The first-order chi connectivity index (χ1) is 12.2. The van der Waals surface area contributed by atoms with Gasteiger partial charge in [0.25, 0.3) is 0 Å². The van der Waals surface area contributed by atoms with Gasteiger partial charge in [-0.1, -0.05) is 32.9 Å². The summed E-state index contributed by atoms with van der Waals surface area (Å²) in [5.74, 6) is 0.00814. The molecule has 142 valence electrons. The summed E-state index contributed by atoms with van der Waals surface area (Å²) in [6.07, 6.45) is 3.41. The second-order valence-electron chi connectivity index (χ2n) is 9.06. The number of rotatable bonds is 5. The number of hydrogen-bond acceptors (Lipinski definition) is 2. The van der Waals surface area contributed by atoms with Crippen LogP contribution in [0.4, 0.5) is 0 Å². The van der Waals surface area contributed by atoms with Gasteiger partial charge in [0.15, 0.2) is 0 Å². The van der Waals surface area contributed by atoms with E-state index < -0.39 is 0 Å². The van der Waals surface area contributed by atoms with Gasteiger partial charge in [-0.05, 0) is 60.8 Å². The molecule has 2 fully saturated rings. The van der Waals surface area contributed by atoms with Crippen molar-refractivity contribution in [3.05, 3.63) is 34.4 Å². The molecule has 1 saturated heterocycles. The zero-order chi connectivity index (χ0) is 19.1. The third-order valence-corrected chi connectivity index (χ3v) is 5.75. The van der Waals surface area contributed by atoms with Gasteiger partial charge >= 0.3 is 0 Å². The molecule has 1 aliphatic heterocycles. The highest BCUT2D eigenvalue weighted by Gasteiger charge is 2.41. The Balaban J connectivity index is 1.55. The van der Waals surface area contributed by atoms with Crippen molar-refractivity contribution in [2.75, 3.05) is 13.1 Å². The van der Waals surface area contributed by atoms with E-state index in [1.165, 1.54) is 22.3 Å². The van der Waals surface area contributed by atoms with Crippen LogP contribution in [0.1, 0.15) is 62.3 Å². The average molecular weight is 357 g/mol. The Kier molecular flexibility index (Phi) is 5.14. The smallest absolute Gasteiger partial charge is 0.225 e. The first kappa shape index (κ1) is 18.9. The zero-order valence-corrected chi connectivity index (χ0v) is 16.8. The molecular formula is C22H32N2O2. The predicted octanol–water partition coefficient (Wildman–Crippen LogP) is 3.27. The first-order valence-electron chi connectivity index (χ1n) is 9.84. The summed E-state index contributed by atoms with van der Waals surface area (Å²) in [6.45, 7) is 12.2. The van der Waals surface area contributed by atoms with Crippen molar-refractivity contribution in [2.24, 2.45) is 5.92 Å². The van der Waals surface area contributed by atoms with Crippen molar-refractivity contribution in [3.63, 3.8) is 0 Å². The van der Waals surface area contributed by atoms with Crippen molar-refractivity contribution in [3.8, 4) is 0 Å². The Morgan fingerprint density at radius 1 is 1.19 bits per heavy atom. The molecule has 3 rings (SSSR count). The lowest BCUT2D eigenvalue weighted by Gasteiger charge is -2.22. The lowest BCUT2D eigenvalue weighted by Crippen LogP contribution is -2.34. The van der Waals surface area contributed by atoms with Crippen molar-refractivity contribution < 1.29 is 9.59 Å². The molecule has 1 saturated carbocycles. The molecule has 1 aliphatic carbocycles. The van der Waals surface area contributed by atoms with Crippen LogP contribution in [0.15, 0.2) is 12.1 Å². The van der Waals surface area contributed by atoms with E-state index in [1.54, 1.807) is 0 Å². The third kappa shape index (κ3) is 4.11. The quantitative estimate of drug-likeness (QED) is 0.880. The maximum absolute atomic E-state index is 12.4. The number of benzene rings is 1. The van der Waals surface area contributed by atoms with Gasteiger partial charge in [-0.2, -0.15) is 0 Å². The van der Waals surface area contributed by atoms with Crippen molar-refractivity contribution >= 4 is 11.8 Å². The largest absolute Gasteiger partial charge is 0.355 e. The molecule has 0 radical (unpaired) electrons. The minimum Gasteiger partial charge on any atom is -0.355 e. The second-order valence-corrected chi connectivity index (χ2v) is 9.06. The fourth-order valence-corrected chi connectivity index (χ4v) is 3.92. The summed E-state index contributed by atoms with van der Waals surface area (Å²) >= 11 is 0. The van der Waals surface area contributed by atoms with Crippen LogP contribution >= 0.6 is 0 Å². The molecule has 1 N–H and O–H groups in total. The van der Waals surface area contributed by atoms with Crippen LogP contribution in [0, 0.1) is 19.8 Å². The molecule has 2 amide bonds. The summed E-state index contributed by atoms with van der Waals surface area (Å²) in [7, 11) is 0. The molecule has 2 aliphatic rings. The van der Waals surface area contributed by atoms with E-state index in [1.807, 2.05) is 4.90 Å². The molecule has 1 aromatic carbocycles. The minimum absolute atomic E-state index is 0.0307. The van der Waals surface area contributed by atoms with Crippen LogP contribution in [0.25, 0.3) is 0 Å². The Bertz CT molecular complexity index is 690. The van der Waals surface area contributed by atoms with Gasteiger partial charge in [0, 0.05) is 25.6 Å². The number of hydrogen-bond donors (Lipinski definition) is 1. The predicted molar refractivity (Wildman–Crippen MR) is 104 cm³/mol. The van der Waals surface area contributed by atoms with Crippen LogP contribution in [-0.2, 0) is 21.4 Å². The molecule has 4 heteroatoms. The van der Waals surface area contributed by atoms with Gasteiger partial charge < -0.3 is 10.2 Å². The Hall–Kier alpha value is -1.84. The highest BCUT2D eigenvalue weighted by molar-refractivity contribution is 5.89. The molecule has 0 aromatic heterocycles. The summed E-state index contributed by atoms with van der Waals surface area (Å²) in [5, 5.41) is 3.05. The number of likely N-dealkylation sites (tertiary alicyclic amines) is 1. The summed E-state index contributed by atoms with van der Waals surface area (Å²) in [5.41, 5.74) is 5.40. The van der Waals surface area contributed by atoms with Crippen molar-refractivity contribution in [2.45, 2.75) is 71.8 Å². The van der Waals surface area contributed by atoms with Crippen LogP contribution in [0.2, 0.25) is 0 Å². The van der Waals surface area contributed by atoms with Crippen molar-refractivity contribution in [1.82, 2.24) is 10.2 Å². The summed E-state index contributed by atoms with van der Waals surface area (Å²) in [4.78, 5) is 26.4. The third-order valence-electron chi connectivity index (χ3n) is 5.75. The standard InChI is InChI=1S/C22H32N2O2/c1-14-10-17(22(3,4)5)11-15(2)19(14)8-9-23-21(26)16-12-20(25)24(13-16)18-6-7-18/h10-11,16,18H,6-9,12-13H2,1-5H3,(H,23,26)/t16-/m1/s1. The molecule has 1 atom stereocenters.